The van der Waals surface area contributed by atoms with Gasteiger partial charge in [0.1, 0.15) is 21.7 Å². The lowest BCUT2D eigenvalue weighted by molar-refractivity contribution is 0.0943. The first-order valence-corrected chi connectivity index (χ1v) is 9.90. The van der Waals surface area contributed by atoms with Crippen LogP contribution in [0.3, 0.4) is 0 Å². The Kier molecular flexibility index (Phi) is 7.13. The molecule has 0 fully saturated rings. The van der Waals surface area contributed by atoms with E-state index in [1.807, 2.05) is 6.07 Å². The summed E-state index contributed by atoms with van der Waals surface area (Å²) in [6.45, 7) is 0.568. The van der Waals surface area contributed by atoms with E-state index in [9.17, 15) is 9.59 Å². The second-order valence-electron chi connectivity index (χ2n) is 6.34. The molecule has 0 aliphatic rings. The van der Waals surface area contributed by atoms with Crippen molar-refractivity contribution in [2.45, 2.75) is 13.1 Å². The van der Waals surface area contributed by atoms with Gasteiger partial charge in [0, 0.05) is 17.7 Å². The predicted molar refractivity (Wildman–Crippen MR) is 115 cm³/mol. The first-order valence-electron chi connectivity index (χ1n) is 9.11. The molecule has 2 aromatic carbocycles. The van der Waals surface area contributed by atoms with Crippen LogP contribution in [0, 0.1) is 0 Å². The lowest BCUT2D eigenvalue weighted by Gasteiger charge is -2.12. The van der Waals surface area contributed by atoms with Crippen molar-refractivity contribution < 1.29 is 23.5 Å². The maximum Gasteiger partial charge on any atom is 0.251 e. The van der Waals surface area contributed by atoms with Crippen LogP contribution >= 0.6 is 15.9 Å². The van der Waals surface area contributed by atoms with Crippen molar-refractivity contribution in [2.24, 2.45) is 0 Å². The van der Waals surface area contributed by atoms with Crippen molar-refractivity contribution in [1.29, 1.82) is 0 Å². The molecule has 2 N–H and O–H groups in total. The second kappa shape index (κ2) is 9.98. The van der Waals surface area contributed by atoms with Crippen LogP contribution in [0.5, 0.6) is 11.5 Å². The van der Waals surface area contributed by atoms with Crippen LogP contribution in [-0.2, 0) is 13.1 Å². The molecule has 1 aromatic heterocycles. The monoisotopic (exact) mass is 472 g/mol. The van der Waals surface area contributed by atoms with Gasteiger partial charge >= 0.3 is 0 Å². The van der Waals surface area contributed by atoms with Crippen molar-refractivity contribution in [1.82, 2.24) is 10.6 Å². The van der Waals surface area contributed by atoms with E-state index in [4.69, 9.17) is 13.9 Å². The number of hydrogen-bond donors (Lipinski definition) is 2. The molecule has 0 bridgehead atoms. The number of rotatable bonds is 8. The van der Waals surface area contributed by atoms with Crippen molar-refractivity contribution in [3.05, 3.63) is 81.7 Å². The van der Waals surface area contributed by atoms with Crippen molar-refractivity contribution >= 4 is 27.7 Å². The third-order valence-electron chi connectivity index (χ3n) is 4.35. The van der Waals surface area contributed by atoms with Gasteiger partial charge in [-0.3, -0.25) is 9.59 Å². The van der Waals surface area contributed by atoms with Gasteiger partial charge in [0.2, 0.25) is 0 Å². The molecule has 8 heteroatoms. The molecule has 30 heavy (non-hydrogen) atoms. The number of furan rings is 1. The van der Waals surface area contributed by atoms with Gasteiger partial charge in [-0.1, -0.05) is 12.1 Å². The van der Waals surface area contributed by atoms with Crippen LogP contribution in [0.4, 0.5) is 0 Å². The number of carbonyl (C=O) groups is 2. The predicted octanol–water partition coefficient (Wildman–Crippen LogP) is 3.92. The SMILES string of the molecule is COc1cc(C(=O)NCc2cccc(C(=O)NCc3ccco3)c2)cc(OC)c1Br. The number of methoxy groups -OCH3 is 2. The van der Waals surface area contributed by atoms with Crippen LogP contribution in [-0.4, -0.2) is 26.0 Å². The summed E-state index contributed by atoms with van der Waals surface area (Å²) in [6, 6.07) is 13.9. The summed E-state index contributed by atoms with van der Waals surface area (Å²) in [5, 5.41) is 5.64. The number of carbonyl (C=O) groups excluding carboxylic acids is 2. The van der Waals surface area contributed by atoms with E-state index < -0.39 is 0 Å². The highest BCUT2D eigenvalue weighted by Crippen LogP contribution is 2.35. The Morgan fingerprint density at radius 1 is 0.900 bits per heavy atom. The van der Waals surface area contributed by atoms with E-state index in [0.29, 0.717) is 39.4 Å². The Labute approximate surface area is 182 Å². The lowest BCUT2D eigenvalue weighted by Crippen LogP contribution is -2.24. The van der Waals surface area contributed by atoms with Gasteiger partial charge in [-0.2, -0.15) is 0 Å². The fourth-order valence-corrected chi connectivity index (χ4v) is 3.34. The fraction of sp³-hybridized carbons (Fsp3) is 0.182. The number of hydrogen-bond acceptors (Lipinski definition) is 5. The highest BCUT2D eigenvalue weighted by molar-refractivity contribution is 9.10. The van der Waals surface area contributed by atoms with E-state index in [1.54, 1.807) is 48.7 Å². The van der Waals surface area contributed by atoms with E-state index in [0.717, 1.165) is 5.56 Å². The first-order chi connectivity index (χ1) is 14.5. The van der Waals surface area contributed by atoms with Crippen LogP contribution in [0.25, 0.3) is 0 Å². The highest BCUT2D eigenvalue weighted by Gasteiger charge is 2.15. The number of ether oxygens (including phenoxy) is 2. The Morgan fingerprint density at radius 3 is 2.20 bits per heavy atom. The van der Waals surface area contributed by atoms with Crippen LogP contribution in [0.1, 0.15) is 32.0 Å². The zero-order chi connectivity index (χ0) is 21.5. The smallest absolute Gasteiger partial charge is 0.251 e. The normalized spacial score (nSPS) is 10.4. The van der Waals surface area contributed by atoms with E-state index in [-0.39, 0.29) is 18.4 Å². The van der Waals surface area contributed by atoms with Gasteiger partial charge in [-0.15, -0.1) is 0 Å². The zero-order valence-corrected chi connectivity index (χ0v) is 18.1. The summed E-state index contributed by atoms with van der Waals surface area (Å²) in [6.07, 6.45) is 1.56. The third kappa shape index (κ3) is 5.21. The number of nitrogens with one attached hydrogen (secondary N) is 2. The second-order valence-corrected chi connectivity index (χ2v) is 7.13. The Hall–Kier alpha value is -3.26. The lowest BCUT2D eigenvalue weighted by atomic mass is 10.1. The molecule has 1 heterocycles. The largest absolute Gasteiger partial charge is 0.495 e. The minimum Gasteiger partial charge on any atom is -0.495 e. The van der Waals surface area contributed by atoms with Gasteiger partial charge < -0.3 is 24.5 Å². The molecule has 0 saturated carbocycles. The average molecular weight is 473 g/mol. The van der Waals surface area contributed by atoms with E-state index >= 15 is 0 Å². The molecule has 7 nitrogen and oxygen atoms in total. The van der Waals surface area contributed by atoms with Gasteiger partial charge in [0.15, 0.2) is 0 Å². The standard InChI is InChI=1S/C22H21BrN2O5/c1-28-18-10-16(11-19(29-2)20(18)23)22(27)24-12-14-5-3-6-15(9-14)21(26)25-13-17-7-4-8-30-17/h3-11H,12-13H2,1-2H3,(H,24,27)(H,25,26). The molecule has 0 aliphatic carbocycles. The topological polar surface area (TPSA) is 89.8 Å². The van der Waals surface area contributed by atoms with Gasteiger partial charge in [0.25, 0.3) is 11.8 Å². The molecule has 0 unspecified atom stereocenters. The summed E-state index contributed by atoms with van der Waals surface area (Å²) >= 11 is 3.38. The molecule has 3 rings (SSSR count). The van der Waals surface area contributed by atoms with Gasteiger partial charge in [0.05, 0.1) is 27.0 Å². The molecular weight excluding hydrogens is 452 g/mol. The molecule has 0 aliphatic heterocycles. The molecule has 2 amide bonds. The highest BCUT2D eigenvalue weighted by atomic mass is 79.9. The summed E-state index contributed by atoms with van der Waals surface area (Å²) in [7, 11) is 3.04. The summed E-state index contributed by atoms with van der Waals surface area (Å²) in [5.41, 5.74) is 1.70. The summed E-state index contributed by atoms with van der Waals surface area (Å²) < 4.78 is 16.4. The molecule has 0 radical (unpaired) electrons. The summed E-state index contributed by atoms with van der Waals surface area (Å²) in [4.78, 5) is 24.9. The number of benzene rings is 2. The van der Waals surface area contributed by atoms with Crippen LogP contribution < -0.4 is 20.1 Å². The fourth-order valence-electron chi connectivity index (χ4n) is 2.79. The number of amides is 2. The minimum atomic E-state index is -0.285. The summed E-state index contributed by atoms with van der Waals surface area (Å²) in [5.74, 6) is 1.16. The minimum absolute atomic E-state index is 0.220. The average Bonchev–Trinajstić information content (AvgIpc) is 3.30. The van der Waals surface area contributed by atoms with E-state index in [2.05, 4.69) is 26.6 Å². The maximum atomic E-state index is 12.6. The van der Waals surface area contributed by atoms with Crippen molar-refractivity contribution in [3.63, 3.8) is 0 Å². The Morgan fingerprint density at radius 2 is 1.57 bits per heavy atom. The van der Waals surface area contributed by atoms with E-state index in [1.165, 1.54) is 14.2 Å². The van der Waals surface area contributed by atoms with Gasteiger partial charge in [-0.05, 0) is 57.9 Å². The molecule has 156 valence electrons. The maximum absolute atomic E-state index is 12.6. The quantitative estimate of drug-likeness (QED) is 0.518. The van der Waals surface area contributed by atoms with Crippen molar-refractivity contribution in [2.75, 3.05) is 14.2 Å². The molecular formula is C22H21BrN2O5. The number of halogens is 1. The van der Waals surface area contributed by atoms with Gasteiger partial charge in [-0.25, -0.2) is 0 Å². The first kappa shape index (κ1) is 21.4. The Balaban J connectivity index is 1.64. The van der Waals surface area contributed by atoms with Crippen LogP contribution in [0.15, 0.2) is 63.7 Å². The third-order valence-corrected chi connectivity index (χ3v) is 5.13. The molecule has 0 atom stereocenters. The van der Waals surface area contributed by atoms with Crippen LogP contribution in [0.2, 0.25) is 0 Å². The molecule has 3 aromatic rings. The Bertz CT molecular complexity index is 1010. The molecule has 0 saturated heterocycles. The molecule has 0 spiro atoms. The van der Waals surface area contributed by atoms with Crippen molar-refractivity contribution in [3.8, 4) is 11.5 Å². The zero-order valence-electron chi connectivity index (χ0n) is 16.5.